The van der Waals surface area contributed by atoms with E-state index in [9.17, 15) is 4.79 Å². The largest absolute Gasteiger partial charge is 0.443 e. The van der Waals surface area contributed by atoms with Crippen LogP contribution in [-0.2, 0) is 4.74 Å². The molecule has 2 aromatic heterocycles. The number of hydrogen-bond donors (Lipinski definition) is 3. The zero-order valence-corrected chi connectivity index (χ0v) is 18.2. The molecule has 0 spiro atoms. The molecule has 2 heterocycles. The van der Waals surface area contributed by atoms with Crippen molar-refractivity contribution in [3.05, 3.63) is 46.7 Å². The molecule has 0 aliphatic carbocycles. The van der Waals surface area contributed by atoms with E-state index < -0.39 is 11.7 Å². The fourth-order valence-electron chi connectivity index (χ4n) is 2.58. The number of nitrogens with zero attached hydrogens (tertiary/aromatic N) is 4. The van der Waals surface area contributed by atoms with Gasteiger partial charge in [-0.1, -0.05) is 17.7 Å². The zero-order chi connectivity index (χ0) is 22.1. The standard InChI is InChI=1S/C20H24ClN7O2/c1-11-6-7-13(22)9-15(11)24-18-23-10-14(21)17(25-18)28(16-8-12(2)26-27-16)19(29)30-20(3,4)5/h6-10H,22H2,1-5H3,(H,26,27)(H,23,24,25). The van der Waals surface area contributed by atoms with Crippen molar-refractivity contribution in [1.29, 1.82) is 0 Å². The number of carbonyl (C=O) groups excluding carboxylic acids is 1. The van der Waals surface area contributed by atoms with Crippen molar-refractivity contribution in [3.8, 4) is 0 Å². The number of nitrogen functional groups attached to an aromatic ring is 1. The van der Waals surface area contributed by atoms with Crippen LogP contribution in [0.1, 0.15) is 32.0 Å². The van der Waals surface area contributed by atoms with Gasteiger partial charge in [0.25, 0.3) is 0 Å². The van der Waals surface area contributed by atoms with E-state index in [-0.39, 0.29) is 16.8 Å². The molecule has 10 heteroatoms. The van der Waals surface area contributed by atoms with Crippen molar-refractivity contribution < 1.29 is 9.53 Å². The predicted octanol–water partition coefficient (Wildman–Crippen LogP) is 4.87. The number of aryl methyl sites for hydroxylation is 2. The smallest absolute Gasteiger partial charge is 0.422 e. The highest BCUT2D eigenvalue weighted by Crippen LogP contribution is 2.32. The number of halogens is 1. The van der Waals surface area contributed by atoms with Crippen LogP contribution in [0, 0.1) is 13.8 Å². The van der Waals surface area contributed by atoms with Gasteiger partial charge in [0.2, 0.25) is 5.95 Å². The number of nitrogens with two attached hydrogens (primary N) is 1. The van der Waals surface area contributed by atoms with Crippen LogP contribution in [0.25, 0.3) is 0 Å². The number of benzene rings is 1. The van der Waals surface area contributed by atoms with Crippen molar-refractivity contribution in [2.75, 3.05) is 16.0 Å². The molecule has 1 aromatic carbocycles. The second-order valence-electron chi connectivity index (χ2n) is 7.79. The number of H-pyrrole nitrogens is 1. The average molecular weight is 430 g/mol. The van der Waals surface area contributed by atoms with Crippen molar-refractivity contribution in [3.63, 3.8) is 0 Å². The number of anilines is 5. The molecule has 30 heavy (non-hydrogen) atoms. The lowest BCUT2D eigenvalue weighted by Crippen LogP contribution is -2.34. The second-order valence-corrected chi connectivity index (χ2v) is 8.20. The normalized spacial score (nSPS) is 11.3. The Morgan fingerprint density at radius 3 is 2.63 bits per heavy atom. The van der Waals surface area contributed by atoms with E-state index in [2.05, 4.69) is 25.5 Å². The van der Waals surface area contributed by atoms with Crippen LogP contribution in [0.4, 0.5) is 33.8 Å². The molecule has 0 unspecified atom stereocenters. The van der Waals surface area contributed by atoms with E-state index in [1.807, 2.05) is 19.9 Å². The Morgan fingerprint density at radius 1 is 1.27 bits per heavy atom. The van der Waals surface area contributed by atoms with Gasteiger partial charge in [0, 0.05) is 23.1 Å². The summed E-state index contributed by atoms with van der Waals surface area (Å²) < 4.78 is 5.54. The molecule has 0 aliphatic heterocycles. The molecule has 0 radical (unpaired) electrons. The van der Waals surface area contributed by atoms with E-state index >= 15 is 0 Å². The molecule has 0 aliphatic rings. The molecular weight excluding hydrogens is 406 g/mol. The van der Waals surface area contributed by atoms with Crippen LogP contribution < -0.4 is 16.0 Å². The maximum atomic E-state index is 13.0. The summed E-state index contributed by atoms with van der Waals surface area (Å²) in [4.78, 5) is 22.9. The summed E-state index contributed by atoms with van der Waals surface area (Å²) in [5.41, 5.74) is 8.21. The van der Waals surface area contributed by atoms with Crippen molar-refractivity contribution in [2.45, 2.75) is 40.2 Å². The molecular formula is C20H24ClN7O2. The SMILES string of the molecule is Cc1cc(N(C(=O)OC(C)(C)C)c2nc(Nc3cc(N)ccc3C)ncc2Cl)n[nH]1. The molecule has 3 rings (SSSR count). The summed E-state index contributed by atoms with van der Waals surface area (Å²) in [6.07, 6.45) is 0.741. The minimum atomic E-state index is -0.722. The first-order valence-electron chi connectivity index (χ1n) is 9.24. The lowest BCUT2D eigenvalue weighted by molar-refractivity contribution is 0.0597. The Morgan fingerprint density at radius 2 is 2.00 bits per heavy atom. The fraction of sp³-hybridized carbons (Fsp3) is 0.300. The van der Waals surface area contributed by atoms with Crippen LogP contribution in [0.15, 0.2) is 30.5 Å². The maximum absolute atomic E-state index is 13.0. The van der Waals surface area contributed by atoms with E-state index in [0.29, 0.717) is 11.5 Å². The second kappa shape index (κ2) is 8.19. The van der Waals surface area contributed by atoms with Crippen LogP contribution in [0.5, 0.6) is 0 Å². The number of aromatic nitrogens is 4. The molecule has 9 nitrogen and oxygen atoms in total. The summed E-state index contributed by atoms with van der Waals surface area (Å²) in [7, 11) is 0. The lowest BCUT2D eigenvalue weighted by Gasteiger charge is -2.26. The maximum Gasteiger partial charge on any atom is 0.422 e. The van der Waals surface area contributed by atoms with Crippen LogP contribution in [0.3, 0.4) is 0 Å². The first-order valence-corrected chi connectivity index (χ1v) is 9.62. The van der Waals surface area contributed by atoms with Crippen molar-refractivity contribution in [2.24, 2.45) is 0 Å². The van der Waals surface area contributed by atoms with Gasteiger partial charge in [-0.3, -0.25) is 5.10 Å². The third kappa shape index (κ3) is 4.98. The molecule has 1 amide bonds. The number of carbonyl (C=O) groups is 1. The van der Waals surface area contributed by atoms with E-state index in [0.717, 1.165) is 16.9 Å². The molecule has 0 fully saturated rings. The van der Waals surface area contributed by atoms with Gasteiger partial charge in [-0.25, -0.2) is 14.7 Å². The first-order chi connectivity index (χ1) is 14.0. The van der Waals surface area contributed by atoms with Crippen LogP contribution >= 0.6 is 11.6 Å². The predicted molar refractivity (Wildman–Crippen MR) is 118 cm³/mol. The minimum Gasteiger partial charge on any atom is -0.443 e. The van der Waals surface area contributed by atoms with Gasteiger partial charge in [0.1, 0.15) is 10.6 Å². The number of nitrogens with one attached hydrogen (secondary N) is 2. The van der Waals surface area contributed by atoms with Gasteiger partial charge in [0.05, 0.1) is 6.20 Å². The number of rotatable bonds is 4. The molecule has 4 N–H and O–H groups in total. The highest BCUT2D eigenvalue weighted by molar-refractivity contribution is 6.33. The third-order valence-corrected chi connectivity index (χ3v) is 4.21. The molecule has 0 saturated heterocycles. The van der Waals surface area contributed by atoms with E-state index in [4.69, 9.17) is 22.1 Å². The number of ether oxygens (including phenoxy) is 1. The highest BCUT2D eigenvalue weighted by Gasteiger charge is 2.29. The van der Waals surface area contributed by atoms with E-state index in [1.165, 1.54) is 11.1 Å². The van der Waals surface area contributed by atoms with Gasteiger partial charge in [-0.2, -0.15) is 10.1 Å². The summed E-state index contributed by atoms with van der Waals surface area (Å²) >= 11 is 6.36. The summed E-state index contributed by atoms with van der Waals surface area (Å²) in [6, 6.07) is 7.15. The Kier molecular flexibility index (Phi) is 5.84. The Bertz CT molecular complexity index is 1080. The molecule has 0 atom stereocenters. The van der Waals surface area contributed by atoms with Gasteiger partial charge >= 0.3 is 6.09 Å². The fourth-order valence-corrected chi connectivity index (χ4v) is 2.76. The van der Waals surface area contributed by atoms with Crippen LogP contribution in [0.2, 0.25) is 5.02 Å². The molecule has 0 bridgehead atoms. The molecule has 3 aromatic rings. The average Bonchev–Trinajstić information content (AvgIpc) is 3.05. The van der Waals surface area contributed by atoms with Gasteiger partial charge < -0.3 is 15.8 Å². The van der Waals surface area contributed by atoms with Gasteiger partial charge in [0.15, 0.2) is 11.6 Å². The lowest BCUT2D eigenvalue weighted by atomic mass is 10.2. The summed E-state index contributed by atoms with van der Waals surface area (Å²) in [5, 5.41) is 10.3. The Labute approximate surface area is 179 Å². The zero-order valence-electron chi connectivity index (χ0n) is 17.4. The highest BCUT2D eigenvalue weighted by atomic mass is 35.5. The number of hydrogen-bond acceptors (Lipinski definition) is 7. The third-order valence-electron chi connectivity index (χ3n) is 3.94. The van der Waals surface area contributed by atoms with Crippen molar-refractivity contribution in [1.82, 2.24) is 20.2 Å². The van der Waals surface area contributed by atoms with Crippen LogP contribution in [-0.4, -0.2) is 31.9 Å². The van der Waals surface area contributed by atoms with Gasteiger partial charge in [-0.15, -0.1) is 0 Å². The van der Waals surface area contributed by atoms with E-state index in [1.54, 1.807) is 39.0 Å². The first kappa shape index (κ1) is 21.4. The summed E-state index contributed by atoms with van der Waals surface area (Å²) in [5.74, 6) is 0.675. The Balaban J connectivity index is 2.03. The molecule has 0 saturated carbocycles. The minimum absolute atomic E-state index is 0.136. The van der Waals surface area contributed by atoms with Crippen molar-refractivity contribution >= 4 is 46.7 Å². The Hall–Kier alpha value is -3.33. The number of amides is 1. The monoisotopic (exact) mass is 429 g/mol. The van der Waals surface area contributed by atoms with Gasteiger partial charge in [-0.05, 0) is 52.3 Å². The quantitative estimate of drug-likeness (QED) is 0.505. The topological polar surface area (TPSA) is 122 Å². The number of aromatic amines is 1. The molecule has 158 valence electrons. The summed E-state index contributed by atoms with van der Waals surface area (Å²) in [6.45, 7) is 9.07.